The molecule has 2 heterocycles. The Morgan fingerprint density at radius 1 is 0.933 bits per heavy atom. The van der Waals surface area contributed by atoms with E-state index >= 15 is 0 Å². The number of benzene rings is 2. The van der Waals surface area contributed by atoms with Crippen molar-refractivity contribution in [2.24, 2.45) is 0 Å². The van der Waals surface area contributed by atoms with Crippen molar-refractivity contribution in [3.63, 3.8) is 0 Å². The van der Waals surface area contributed by atoms with Gasteiger partial charge in [-0.2, -0.15) is 11.3 Å². The molecule has 0 saturated carbocycles. The van der Waals surface area contributed by atoms with Gasteiger partial charge < -0.3 is 5.32 Å². The normalized spacial score (nSPS) is 10.6. The van der Waals surface area contributed by atoms with Crippen LogP contribution in [0.1, 0.15) is 31.8 Å². The molecule has 0 radical (unpaired) electrons. The molecule has 0 spiro atoms. The number of pyridine rings is 1. The third-order valence-electron chi connectivity index (χ3n) is 4.65. The number of ketones is 1. The minimum absolute atomic E-state index is 0.269. The molecule has 1 amide bonds. The van der Waals surface area contributed by atoms with E-state index in [0.29, 0.717) is 5.56 Å². The Labute approximate surface area is 177 Å². The Morgan fingerprint density at radius 3 is 2.43 bits per heavy atom. The van der Waals surface area contributed by atoms with Gasteiger partial charge in [0.15, 0.2) is 5.78 Å². The topological polar surface area (TPSA) is 59.1 Å². The van der Waals surface area contributed by atoms with E-state index in [2.05, 4.69) is 10.3 Å². The third-order valence-corrected chi connectivity index (χ3v) is 5.33. The molecule has 0 unspecified atom stereocenters. The van der Waals surface area contributed by atoms with Crippen molar-refractivity contribution in [2.75, 3.05) is 0 Å². The lowest BCUT2D eigenvalue weighted by atomic mass is 9.98. The second-order valence-electron chi connectivity index (χ2n) is 6.59. The second-order valence-corrected chi connectivity index (χ2v) is 7.37. The van der Waals surface area contributed by atoms with Gasteiger partial charge in [0.25, 0.3) is 5.91 Å². The zero-order chi connectivity index (χ0) is 20.9. The molecule has 30 heavy (non-hydrogen) atoms. The van der Waals surface area contributed by atoms with Crippen molar-refractivity contribution in [1.29, 1.82) is 0 Å². The summed E-state index contributed by atoms with van der Waals surface area (Å²) < 4.78 is 13.2. The first kappa shape index (κ1) is 19.7. The van der Waals surface area contributed by atoms with E-state index < -0.39 is 5.82 Å². The van der Waals surface area contributed by atoms with Crippen LogP contribution in [0.25, 0.3) is 11.3 Å². The summed E-state index contributed by atoms with van der Waals surface area (Å²) in [5.74, 6) is -1.11. The highest BCUT2D eigenvalue weighted by molar-refractivity contribution is 7.08. The van der Waals surface area contributed by atoms with Crippen molar-refractivity contribution in [2.45, 2.75) is 6.54 Å². The summed E-state index contributed by atoms with van der Waals surface area (Å²) in [6.45, 7) is 0.275. The Morgan fingerprint density at radius 2 is 1.70 bits per heavy atom. The van der Waals surface area contributed by atoms with Crippen molar-refractivity contribution >= 4 is 23.0 Å². The number of rotatable bonds is 6. The van der Waals surface area contributed by atoms with E-state index in [1.165, 1.54) is 24.3 Å². The van der Waals surface area contributed by atoms with Gasteiger partial charge in [-0.25, -0.2) is 4.39 Å². The number of carbonyl (C=O) groups is 2. The van der Waals surface area contributed by atoms with Crippen LogP contribution < -0.4 is 5.32 Å². The molecule has 0 aliphatic heterocycles. The SMILES string of the molecule is O=C(NCc1cccnc1-c1ccsc1)c1ccccc1C(=O)c1ccc(F)cc1. The zero-order valence-corrected chi connectivity index (χ0v) is 16.7. The number of thiophene rings is 1. The van der Waals surface area contributed by atoms with Gasteiger partial charge in [-0.1, -0.05) is 24.3 Å². The summed E-state index contributed by atoms with van der Waals surface area (Å²) in [5, 5.41) is 6.87. The summed E-state index contributed by atoms with van der Waals surface area (Å²) in [5.41, 5.74) is 3.56. The average molecular weight is 416 g/mol. The predicted molar refractivity (Wildman–Crippen MR) is 115 cm³/mol. The van der Waals surface area contributed by atoms with Crippen LogP contribution in [0.2, 0.25) is 0 Å². The standard InChI is InChI=1S/C24H17FN2O2S/c25-19-9-7-16(8-10-19)23(28)20-5-1-2-6-21(20)24(29)27-14-17-4-3-12-26-22(17)18-11-13-30-15-18/h1-13,15H,14H2,(H,27,29). The first-order valence-electron chi connectivity index (χ1n) is 9.27. The number of aromatic nitrogens is 1. The highest BCUT2D eigenvalue weighted by Gasteiger charge is 2.18. The van der Waals surface area contributed by atoms with Gasteiger partial charge in [-0.3, -0.25) is 14.6 Å². The maximum Gasteiger partial charge on any atom is 0.252 e. The van der Waals surface area contributed by atoms with Crippen LogP contribution >= 0.6 is 11.3 Å². The van der Waals surface area contributed by atoms with E-state index in [-0.39, 0.29) is 29.4 Å². The van der Waals surface area contributed by atoms with Gasteiger partial charge in [0.05, 0.1) is 11.3 Å². The van der Waals surface area contributed by atoms with Crippen molar-refractivity contribution in [3.05, 3.63) is 112 Å². The van der Waals surface area contributed by atoms with Gasteiger partial charge in [0, 0.05) is 34.8 Å². The maximum absolute atomic E-state index is 13.2. The third kappa shape index (κ3) is 4.18. The molecule has 148 valence electrons. The first-order chi connectivity index (χ1) is 14.6. The predicted octanol–water partition coefficient (Wildman–Crippen LogP) is 5.11. The number of amides is 1. The lowest BCUT2D eigenvalue weighted by Crippen LogP contribution is -2.25. The summed E-state index contributed by atoms with van der Waals surface area (Å²) in [6, 6.07) is 17.6. The van der Waals surface area contributed by atoms with Gasteiger partial charge in [-0.15, -0.1) is 0 Å². The van der Waals surface area contributed by atoms with Crippen LogP contribution in [0.15, 0.2) is 83.7 Å². The number of hydrogen-bond donors (Lipinski definition) is 1. The number of nitrogens with one attached hydrogen (secondary N) is 1. The largest absolute Gasteiger partial charge is 0.348 e. The Kier molecular flexibility index (Phi) is 5.77. The molecule has 4 rings (SSSR count). The van der Waals surface area contributed by atoms with Crippen LogP contribution in [0.3, 0.4) is 0 Å². The Bertz CT molecular complexity index is 1190. The molecule has 0 fully saturated rings. The van der Waals surface area contributed by atoms with Gasteiger partial charge in [0.2, 0.25) is 0 Å². The molecule has 0 aliphatic rings. The summed E-state index contributed by atoms with van der Waals surface area (Å²) in [7, 11) is 0. The number of halogens is 1. The van der Waals surface area contributed by atoms with E-state index in [1.54, 1.807) is 41.8 Å². The smallest absolute Gasteiger partial charge is 0.252 e. The number of hydrogen-bond acceptors (Lipinski definition) is 4. The number of nitrogens with zero attached hydrogens (tertiary/aromatic N) is 1. The molecule has 0 atom stereocenters. The molecule has 2 aromatic carbocycles. The average Bonchev–Trinajstić information content (AvgIpc) is 3.32. The lowest BCUT2D eigenvalue weighted by Gasteiger charge is -2.11. The van der Waals surface area contributed by atoms with E-state index in [1.807, 2.05) is 29.0 Å². The van der Waals surface area contributed by atoms with Crippen LogP contribution in [0.4, 0.5) is 4.39 Å². The number of carbonyl (C=O) groups excluding carboxylic acids is 2. The lowest BCUT2D eigenvalue weighted by molar-refractivity contribution is 0.0939. The maximum atomic E-state index is 13.2. The van der Waals surface area contributed by atoms with Crippen molar-refractivity contribution in [1.82, 2.24) is 10.3 Å². The van der Waals surface area contributed by atoms with Gasteiger partial charge in [0.1, 0.15) is 5.82 Å². The molecular formula is C24H17FN2O2S. The molecule has 0 bridgehead atoms. The highest BCUT2D eigenvalue weighted by atomic mass is 32.1. The monoisotopic (exact) mass is 416 g/mol. The minimum Gasteiger partial charge on any atom is -0.348 e. The molecule has 2 aromatic heterocycles. The highest BCUT2D eigenvalue weighted by Crippen LogP contribution is 2.23. The Hall–Kier alpha value is -3.64. The fourth-order valence-corrected chi connectivity index (χ4v) is 3.79. The summed E-state index contributed by atoms with van der Waals surface area (Å²) in [4.78, 5) is 30.2. The van der Waals surface area contributed by atoms with Crippen LogP contribution in [0.5, 0.6) is 0 Å². The molecule has 4 nitrogen and oxygen atoms in total. The molecule has 0 aliphatic carbocycles. The quantitative estimate of drug-likeness (QED) is 0.444. The van der Waals surface area contributed by atoms with Crippen molar-refractivity contribution < 1.29 is 14.0 Å². The van der Waals surface area contributed by atoms with E-state index in [4.69, 9.17) is 0 Å². The first-order valence-corrected chi connectivity index (χ1v) is 10.2. The van der Waals surface area contributed by atoms with Crippen molar-refractivity contribution in [3.8, 4) is 11.3 Å². The van der Waals surface area contributed by atoms with Gasteiger partial charge >= 0.3 is 0 Å². The minimum atomic E-state index is -0.421. The van der Waals surface area contributed by atoms with Crippen LogP contribution in [-0.4, -0.2) is 16.7 Å². The van der Waals surface area contributed by atoms with E-state index in [9.17, 15) is 14.0 Å². The molecule has 4 aromatic rings. The van der Waals surface area contributed by atoms with Crippen LogP contribution in [0, 0.1) is 5.82 Å². The molecule has 0 saturated heterocycles. The molecule has 1 N–H and O–H groups in total. The summed E-state index contributed by atoms with van der Waals surface area (Å²) >= 11 is 1.58. The van der Waals surface area contributed by atoms with Gasteiger partial charge in [-0.05, 0) is 53.4 Å². The fraction of sp³-hybridized carbons (Fsp3) is 0.0417. The van der Waals surface area contributed by atoms with E-state index in [0.717, 1.165) is 16.8 Å². The molecular weight excluding hydrogens is 399 g/mol. The second kappa shape index (κ2) is 8.80. The molecule has 6 heteroatoms. The summed E-state index contributed by atoms with van der Waals surface area (Å²) in [6.07, 6.45) is 1.72. The Balaban J connectivity index is 1.56. The zero-order valence-electron chi connectivity index (χ0n) is 15.8. The van der Waals surface area contributed by atoms with Crippen LogP contribution in [-0.2, 0) is 6.54 Å². The fourth-order valence-electron chi connectivity index (χ4n) is 3.15.